The van der Waals surface area contributed by atoms with Crippen LogP contribution in [0.1, 0.15) is 245 Å². The lowest BCUT2D eigenvalue weighted by molar-refractivity contribution is -0.167. The van der Waals surface area contributed by atoms with Crippen LogP contribution in [-0.4, -0.2) is 37.2 Å². The number of rotatable bonds is 48. The third-order valence-corrected chi connectivity index (χ3v) is 11.3. The third kappa shape index (κ3) is 51.3. The van der Waals surface area contributed by atoms with Crippen molar-refractivity contribution >= 4 is 17.9 Å². The van der Waals surface area contributed by atoms with Crippen molar-refractivity contribution in [3.05, 3.63) is 97.2 Å². The van der Waals surface area contributed by atoms with E-state index in [1.54, 1.807) is 0 Å². The molecule has 0 saturated heterocycles. The van der Waals surface area contributed by atoms with E-state index >= 15 is 0 Å². The highest BCUT2D eigenvalue weighted by molar-refractivity contribution is 5.71. The van der Waals surface area contributed by atoms with Gasteiger partial charge >= 0.3 is 17.9 Å². The van der Waals surface area contributed by atoms with E-state index in [1.165, 1.54) is 70.6 Å². The molecule has 0 bridgehead atoms. The molecule has 0 saturated carbocycles. The van der Waals surface area contributed by atoms with Gasteiger partial charge in [-0.05, 0) is 116 Å². The highest BCUT2D eigenvalue weighted by Gasteiger charge is 2.19. The number of hydrogen-bond donors (Lipinski definition) is 0. The number of carbonyl (C=O) groups is 3. The summed E-state index contributed by atoms with van der Waals surface area (Å²) in [5.41, 5.74) is 0. The molecule has 0 aliphatic carbocycles. The van der Waals surface area contributed by atoms with Gasteiger partial charge in [0, 0.05) is 19.3 Å². The zero-order valence-corrected chi connectivity index (χ0v) is 42.9. The van der Waals surface area contributed by atoms with Gasteiger partial charge in [-0.2, -0.15) is 0 Å². The van der Waals surface area contributed by atoms with Crippen LogP contribution in [-0.2, 0) is 28.6 Å². The SMILES string of the molecule is CC/C=C\C/C=C\C/C=C\C/C=C\C/C=C\CCCCCC(=O)OC[C@@H](COC(=O)CCCCCCC/C=C\C/C=C\CCCC)OC(=O)CCCCCCC/C=C\CCCCCCCC. The Morgan fingerprint density at radius 3 is 1.00 bits per heavy atom. The molecule has 0 aliphatic heterocycles. The smallest absolute Gasteiger partial charge is 0.306 e. The number of allylic oxidation sites excluding steroid dienone is 16. The zero-order valence-electron chi connectivity index (χ0n) is 42.9. The summed E-state index contributed by atoms with van der Waals surface area (Å²) in [6, 6.07) is 0. The van der Waals surface area contributed by atoms with Gasteiger partial charge in [0.1, 0.15) is 13.2 Å². The monoisotopic (exact) mass is 917 g/mol. The maximum absolute atomic E-state index is 12.8. The van der Waals surface area contributed by atoms with Gasteiger partial charge in [0.2, 0.25) is 0 Å². The number of unbranched alkanes of at least 4 members (excludes halogenated alkanes) is 21. The van der Waals surface area contributed by atoms with Gasteiger partial charge in [-0.25, -0.2) is 0 Å². The van der Waals surface area contributed by atoms with Gasteiger partial charge in [0.15, 0.2) is 6.10 Å². The lowest BCUT2D eigenvalue weighted by Gasteiger charge is -2.18. The van der Waals surface area contributed by atoms with Crippen LogP contribution in [0.5, 0.6) is 0 Å². The minimum atomic E-state index is -0.802. The highest BCUT2D eigenvalue weighted by Crippen LogP contribution is 2.13. The number of hydrogen-bond acceptors (Lipinski definition) is 6. The Labute approximate surface area is 407 Å². The summed E-state index contributed by atoms with van der Waals surface area (Å²) in [5.74, 6) is -0.954. The topological polar surface area (TPSA) is 78.9 Å². The molecule has 66 heavy (non-hydrogen) atoms. The van der Waals surface area contributed by atoms with Gasteiger partial charge in [-0.1, -0.05) is 208 Å². The summed E-state index contributed by atoms with van der Waals surface area (Å²) >= 11 is 0. The molecule has 0 spiro atoms. The fourth-order valence-corrected chi connectivity index (χ4v) is 7.18. The summed E-state index contributed by atoms with van der Waals surface area (Å²) in [6.45, 7) is 6.43. The number of ether oxygens (including phenoxy) is 3. The van der Waals surface area contributed by atoms with Crippen molar-refractivity contribution in [2.75, 3.05) is 13.2 Å². The first-order chi connectivity index (χ1) is 32.5. The molecule has 0 aromatic heterocycles. The molecule has 0 rings (SSSR count). The molecule has 0 amide bonds. The Kier molecular flexibility index (Phi) is 50.9. The minimum absolute atomic E-state index is 0.0996. The second-order valence-corrected chi connectivity index (χ2v) is 17.7. The average Bonchev–Trinajstić information content (AvgIpc) is 3.31. The predicted molar refractivity (Wildman–Crippen MR) is 284 cm³/mol. The van der Waals surface area contributed by atoms with Gasteiger partial charge in [0.05, 0.1) is 0 Å². The van der Waals surface area contributed by atoms with Crippen molar-refractivity contribution in [2.24, 2.45) is 0 Å². The number of esters is 3. The quantitative estimate of drug-likeness (QED) is 0.0262. The molecule has 0 aromatic rings. The van der Waals surface area contributed by atoms with Crippen LogP contribution in [0.4, 0.5) is 0 Å². The minimum Gasteiger partial charge on any atom is -0.462 e. The number of carbonyl (C=O) groups excluding carboxylic acids is 3. The first kappa shape index (κ1) is 62.3. The van der Waals surface area contributed by atoms with Crippen LogP contribution in [0, 0.1) is 0 Å². The fourth-order valence-electron chi connectivity index (χ4n) is 7.18. The molecule has 0 aromatic carbocycles. The predicted octanol–water partition coefficient (Wildman–Crippen LogP) is 18.1. The summed E-state index contributed by atoms with van der Waals surface area (Å²) in [7, 11) is 0. The van der Waals surface area contributed by atoms with E-state index in [1.807, 2.05) is 0 Å². The summed E-state index contributed by atoms with van der Waals surface area (Å²) in [5, 5.41) is 0. The molecule has 1 atom stereocenters. The van der Waals surface area contributed by atoms with Crippen LogP contribution >= 0.6 is 0 Å². The van der Waals surface area contributed by atoms with E-state index in [0.29, 0.717) is 19.3 Å². The molecule has 0 aliphatic rings. The van der Waals surface area contributed by atoms with E-state index in [-0.39, 0.29) is 31.1 Å². The van der Waals surface area contributed by atoms with Crippen LogP contribution in [0.25, 0.3) is 0 Å². The van der Waals surface area contributed by atoms with Gasteiger partial charge in [-0.3, -0.25) is 14.4 Å². The van der Waals surface area contributed by atoms with E-state index < -0.39 is 6.10 Å². The third-order valence-electron chi connectivity index (χ3n) is 11.3. The molecular weight excluding hydrogens is 817 g/mol. The highest BCUT2D eigenvalue weighted by atomic mass is 16.6. The van der Waals surface area contributed by atoms with Crippen molar-refractivity contribution in [2.45, 2.75) is 252 Å². The van der Waals surface area contributed by atoms with Crippen molar-refractivity contribution in [1.29, 1.82) is 0 Å². The van der Waals surface area contributed by atoms with E-state index in [0.717, 1.165) is 135 Å². The average molecular weight is 917 g/mol. The molecule has 0 N–H and O–H groups in total. The Morgan fingerprint density at radius 2 is 0.606 bits per heavy atom. The van der Waals surface area contributed by atoms with Crippen LogP contribution < -0.4 is 0 Å². The van der Waals surface area contributed by atoms with Gasteiger partial charge < -0.3 is 14.2 Å². The Bertz CT molecular complexity index is 1330. The molecule has 0 heterocycles. The second kappa shape index (κ2) is 53.9. The zero-order chi connectivity index (χ0) is 47.9. The molecule has 6 heteroatoms. The Hall–Kier alpha value is -3.67. The first-order valence-electron chi connectivity index (χ1n) is 27.2. The van der Waals surface area contributed by atoms with Gasteiger partial charge in [0.25, 0.3) is 0 Å². The molecule has 0 radical (unpaired) electrons. The van der Waals surface area contributed by atoms with Gasteiger partial charge in [-0.15, -0.1) is 0 Å². The lowest BCUT2D eigenvalue weighted by Crippen LogP contribution is -2.30. The molecule has 0 fully saturated rings. The molecular formula is C60H100O6. The van der Waals surface area contributed by atoms with Crippen molar-refractivity contribution < 1.29 is 28.6 Å². The van der Waals surface area contributed by atoms with Crippen molar-refractivity contribution in [3.8, 4) is 0 Å². The van der Waals surface area contributed by atoms with Crippen molar-refractivity contribution in [3.63, 3.8) is 0 Å². The molecule has 0 unspecified atom stereocenters. The lowest BCUT2D eigenvalue weighted by atomic mass is 10.1. The second-order valence-electron chi connectivity index (χ2n) is 17.7. The Morgan fingerprint density at radius 1 is 0.318 bits per heavy atom. The van der Waals surface area contributed by atoms with E-state index in [4.69, 9.17) is 14.2 Å². The largest absolute Gasteiger partial charge is 0.462 e. The maximum atomic E-state index is 12.8. The van der Waals surface area contributed by atoms with Crippen molar-refractivity contribution in [1.82, 2.24) is 0 Å². The van der Waals surface area contributed by atoms with E-state index in [9.17, 15) is 14.4 Å². The van der Waals surface area contributed by atoms with Crippen LogP contribution in [0.2, 0.25) is 0 Å². The van der Waals surface area contributed by atoms with E-state index in [2.05, 4.69) is 118 Å². The van der Waals surface area contributed by atoms with Crippen LogP contribution in [0.15, 0.2) is 97.2 Å². The Balaban J connectivity index is 4.48. The standard InChI is InChI=1S/C60H100O6/c1-4-7-10-13-16-19-22-25-28-29-30-31-33-35-38-41-44-47-50-53-59(62)65-56-57(55-64-58(61)52-49-46-43-40-37-34-27-24-21-18-15-12-9-6-3)66-60(63)54-51-48-45-42-39-36-32-26-23-20-17-14-11-8-5-2/h7,10,15-16,18-19,24-28,30-32,35,38,57H,4-6,8-9,11-14,17,20-23,29,33-34,36-37,39-56H2,1-3H3/b10-7-,18-15-,19-16-,27-24-,28-25-,31-30-,32-26-,38-35-/t57-/m1/s1. The first-order valence-corrected chi connectivity index (χ1v) is 27.2. The fraction of sp³-hybridized carbons (Fsp3) is 0.683. The summed E-state index contributed by atoms with van der Waals surface area (Å²) < 4.78 is 16.8. The maximum Gasteiger partial charge on any atom is 0.306 e. The van der Waals surface area contributed by atoms with Crippen LogP contribution in [0.3, 0.4) is 0 Å². The summed E-state index contributed by atoms with van der Waals surface area (Å²) in [4.78, 5) is 38.1. The summed E-state index contributed by atoms with van der Waals surface area (Å²) in [6.07, 6.45) is 71.0. The normalized spacial score (nSPS) is 12.8. The molecule has 6 nitrogen and oxygen atoms in total. The molecule has 376 valence electrons.